The van der Waals surface area contributed by atoms with Gasteiger partial charge in [0, 0.05) is 6.04 Å². The molecule has 0 bridgehead atoms. The first kappa shape index (κ1) is 16.8. The summed E-state index contributed by atoms with van der Waals surface area (Å²) in [5.74, 6) is 1.17. The first-order valence-electron chi connectivity index (χ1n) is 8.39. The first-order valence-corrected chi connectivity index (χ1v) is 8.39. The van der Waals surface area contributed by atoms with E-state index in [-0.39, 0.29) is 6.04 Å². The Kier molecular flexibility index (Phi) is 5.79. The highest BCUT2D eigenvalue weighted by molar-refractivity contribution is 5.27. The van der Waals surface area contributed by atoms with Gasteiger partial charge in [-0.2, -0.15) is 0 Å². The molecule has 1 nitrogen and oxygen atoms in total. The Morgan fingerprint density at radius 2 is 0.955 bits per heavy atom. The fourth-order valence-electron chi connectivity index (χ4n) is 2.75. The minimum absolute atomic E-state index is 0.176. The summed E-state index contributed by atoms with van der Waals surface area (Å²) in [6, 6.07) is 18.0. The van der Waals surface area contributed by atoms with Crippen LogP contribution >= 0.6 is 0 Å². The lowest BCUT2D eigenvalue weighted by molar-refractivity contribution is 0.664. The van der Waals surface area contributed by atoms with Gasteiger partial charge in [-0.1, -0.05) is 76.2 Å². The van der Waals surface area contributed by atoms with Crippen LogP contribution in [0.5, 0.6) is 0 Å². The standard InChI is InChI=1S/C21H29N/c1-15(2)19-9-5-17(6-10-19)13-21(22)14-18-7-11-20(12-8-18)16(3)4/h5-12,15-16,21H,13-14,22H2,1-4H3. The van der Waals surface area contributed by atoms with Crippen LogP contribution in [0.15, 0.2) is 48.5 Å². The monoisotopic (exact) mass is 295 g/mol. The van der Waals surface area contributed by atoms with Crippen molar-refractivity contribution in [1.82, 2.24) is 0 Å². The zero-order valence-electron chi connectivity index (χ0n) is 14.3. The van der Waals surface area contributed by atoms with Gasteiger partial charge in [0.05, 0.1) is 0 Å². The van der Waals surface area contributed by atoms with E-state index in [0.717, 1.165) is 12.8 Å². The lowest BCUT2D eigenvalue weighted by Crippen LogP contribution is -2.25. The predicted octanol–water partition coefficient (Wildman–Crippen LogP) is 5.05. The van der Waals surface area contributed by atoms with Crippen molar-refractivity contribution >= 4 is 0 Å². The van der Waals surface area contributed by atoms with Crippen LogP contribution in [0.2, 0.25) is 0 Å². The largest absolute Gasteiger partial charge is 0.327 e. The first-order chi connectivity index (χ1) is 10.5. The van der Waals surface area contributed by atoms with Crippen molar-refractivity contribution in [2.45, 2.75) is 58.4 Å². The Morgan fingerprint density at radius 3 is 1.23 bits per heavy atom. The Labute approximate surface area is 135 Å². The molecule has 0 atom stereocenters. The van der Waals surface area contributed by atoms with Crippen LogP contribution < -0.4 is 5.73 Å². The van der Waals surface area contributed by atoms with Gasteiger partial charge in [0.1, 0.15) is 0 Å². The molecule has 0 aliphatic heterocycles. The zero-order chi connectivity index (χ0) is 16.1. The highest BCUT2D eigenvalue weighted by Crippen LogP contribution is 2.17. The van der Waals surface area contributed by atoms with Gasteiger partial charge in [0.2, 0.25) is 0 Å². The predicted molar refractivity (Wildman–Crippen MR) is 96.4 cm³/mol. The number of benzene rings is 2. The van der Waals surface area contributed by atoms with E-state index < -0.39 is 0 Å². The maximum Gasteiger partial charge on any atom is 0.0120 e. The van der Waals surface area contributed by atoms with E-state index in [0.29, 0.717) is 11.8 Å². The maximum atomic E-state index is 6.33. The summed E-state index contributed by atoms with van der Waals surface area (Å²) in [5, 5.41) is 0. The van der Waals surface area contributed by atoms with E-state index in [1.54, 1.807) is 0 Å². The highest BCUT2D eigenvalue weighted by atomic mass is 14.6. The molecule has 0 saturated heterocycles. The molecule has 2 N–H and O–H groups in total. The summed E-state index contributed by atoms with van der Waals surface area (Å²) in [6.07, 6.45) is 1.87. The molecule has 22 heavy (non-hydrogen) atoms. The van der Waals surface area contributed by atoms with E-state index in [2.05, 4.69) is 76.2 Å². The second-order valence-electron chi connectivity index (χ2n) is 6.96. The SMILES string of the molecule is CC(C)c1ccc(CC(N)Cc2ccc(C(C)C)cc2)cc1. The van der Waals surface area contributed by atoms with Crippen molar-refractivity contribution in [3.63, 3.8) is 0 Å². The molecule has 2 rings (SSSR count). The Bertz CT molecular complexity index is 510. The van der Waals surface area contributed by atoms with Crippen LogP contribution in [0.1, 0.15) is 61.8 Å². The smallest absolute Gasteiger partial charge is 0.0120 e. The van der Waals surface area contributed by atoms with Crippen molar-refractivity contribution in [1.29, 1.82) is 0 Å². The second-order valence-corrected chi connectivity index (χ2v) is 6.96. The van der Waals surface area contributed by atoms with Crippen LogP contribution in [0, 0.1) is 0 Å². The topological polar surface area (TPSA) is 26.0 Å². The van der Waals surface area contributed by atoms with Crippen molar-refractivity contribution in [2.24, 2.45) is 5.73 Å². The third-order valence-corrected chi connectivity index (χ3v) is 4.29. The molecule has 1 heteroatoms. The van der Waals surface area contributed by atoms with Crippen LogP contribution in [-0.2, 0) is 12.8 Å². The van der Waals surface area contributed by atoms with Crippen molar-refractivity contribution in [2.75, 3.05) is 0 Å². The summed E-state index contributed by atoms with van der Waals surface area (Å²) >= 11 is 0. The van der Waals surface area contributed by atoms with E-state index in [4.69, 9.17) is 5.73 Å². The lowest BCUT2D eigenvalue weighted by Gasteiger charge is -2.14. The summed E-state index contributed by atoms with van der Waals surface area (Å²) in [5.41, 5.74) is 11.8. The van der Waals surface area contributed by atoms with Gasteiger partial charge in [-0.15, -0.1) is 0 Å². The molecular formula is C21H29N. The summed E-state index contributed by atoms with van der Waals surface area (Å²) in [7, 11) is 0. The third-order valence-electron chi connectivity index (χ3n) is 4.29. The van der Waals surface area contributed by atoms with Crippen LogP contribution in [0.4, 0.5) is 0 Å². The molecule has 0 fully saturated rings. The lowest BCUT2D eigenvalue weighted by atomic mass is 9.95. The number of nitrogens with two attached hydrogens (primary N) is 1. The molecule has 2 aromatic carbocycles. The molecule has 0 aliphatic carbocycles. The summed E-state index contributed by atoms with van der Waals surface area (Å²) < 4.78 is 0. The zero-order valence-corrected chi connectivity index (χ0v) is 14.3. The highest BCUT2D eigenvalue weighted by Gasteiger charge is 2.07. The maximum absolute atomic E-state index is 6.33. The molecule has 0 heterocycles. The molecule has 0 saturated carbocycles. The Morgan fingerprint density at radius 1 is 0.636 bits per heavy atom. The van der Waals surface area contributed by atoms with E-state index >= 15 is 0 Å². The van der Waals surface area contributed by atoms with Crippen molar-refractivity contribution in [3.8, 4) is 0 Å². The Balaban J connectivity index is 1.93. The molecule has 118 valence electrons. The third kappa shape index (κ3) is 4.71. The average molecular weight is 295 g/mol. The molecule has 0 radical (unpaired) electrons. The van der Waals surface area contributed by atoms with Gasteiger partial charge in [-0.3, -0.25) is 0 Å². The molecule has 0 spiro atoms. The van der Waals surface area contributed by atoms with Gasteiger partial charge in [0.15, 0.2) is 0 Å². The van der Waals surface area contributed by atoms with Crippen LogP contribution in [0.3, 0.4) is 0 Å². The van der Waals surface area contributed by atoms with Gasteiger partial charge in [0.25, 0.3) is 0 Å². The molecule has 0 amide bonds. The molecule has 0 unspecified atom stereocenters. The number of hydrogen-bond donors (Lipinski definition) is 1. The minimum Gasteiger partial charge on any atom is -0.327 e. The van der Waals surface area contributed by atoms with E-state index in [1.807, 2.05) is 0 Å². The average Bonchev–Trinajstić information content (AvgIpc) is 2.48. The molecular weight excluding hydrogens is 266 g/mol. The normalized spacial score (nSPS) is 11.6. The Hall–Kier alpha value is -1.60. The van der Waals surface area contributed by atoms with Crippen molar-refractivity contribution < 1.29 is 0 Å². The van der Waals surface area contributed by atoms with Gasteiger partial charge >= 0.3 is 0 Å². The number of rotatable bonds is 6. The quantitative estimate of drug-likeness (QED) is 0.793. The molecule has 0 aromatic heterocycles. The van der Waals surface area contributed by atoms with Gasteiger partial charge in [-0.05, 0) is 46.9 Å². The van der Waals surface area contributed by atoms with E-state index in [1.165, 1.54) is 22.3 Å². The fraction of sp³-hybridized carbons (Fsp3) is 0.429. The van der Waals surface area contributed by atoms with Crippen LogP contribution in [0.25, 0.3) is 0 Å². The van der Waals surface area contributed by atoms with Crippen LogP contribution in [-0.4, -0.2) is 6.04 Å². The number of hydrogen-bond acceptors (Lipinski definition) is 1. The summed E-state index contributed by atoms with van der Waals surface area (Å²) in [4.78, 5) is 0. The summed E-state index contributed by atoms with van der Waals surface area (Å²) in [6.45, 7) is 8.90. The molecule has 2 aromatic rings. The van der Waals surface area contributed by atoms with Crippen molar-refractivity contribution in [3.05, 3.63) is 70.8 Å². The molecule has 0 aliphatic rings. The van der Waals surface area contributed by atoms with E-state index in [9.17, 15) is 0 Å². The second kappa shape index (κ2) is 7.60. The fourth-order valence-corrected chi connectivity index (χ4v) is 2.75. The van der Waals surface area contributed by atoms with Gasteiger partial charge < -0.3 is 5.73 Å². The van der Waals surface area contributed by atoms with Gasteiger partial charge in [-0.25, -0.2) is 0 Å². The minimum atomic E-state index is 0.176.